The highest BCUT2D eigenvalue weighted by molar-refractivity contribution is 6.06. The van der Waals surface area contributed by atoms with Crippen LogP contribution >= 0.6 is 0 Å². The molecular formula is C34H34N2O4. The van der Waals surface area contributed by atoms with E-state index < -0.39 is 5.97 Å². The molecule has 0 saturated carbocycles. The van der Waals surface area contributed by atoms with Crippen LogP contribution in [0, 0.1) is 13.8 Å². The highest BCUT2D eigenvalue weighted by Gasteiger charge is 2.22. The van der Waals surface area contributed by atoms with Crippen LogP contribution in [-0.4, -0.2) is 40.9 Å². The fourth-order valence-electron chi connectivity index (χ4n) is 4.54. The summed E-state index contributed by atoms with van der Waals surface area (Å²) in [5.74, 6) is -1.46. The van der Waals surface area contributed by atoms with Crippen LogP contribution in [0.15, 0.2) is 97.1 Å². The van der Waals surface area contributed by atoms with Crippen LogP contribution in [0.25, 0.3) is 11.1 Å². The van der Waals surface area contributed by atoms with Crippen LogP contribution < -0.4 is 5.32 Å². The first-order valence-corrected chi connectivity index (χ1v) is 13.4. The third kappa shape index (κ3) is 7.44. The van der Waals surface area contributed by atoms with E-state index in [1.165, 1.54) is 0 Å². The predicted octanol–water partition coefficient (Wildman–Crippen LogP) is 6.06. The van der Waals surface area contributed by atoms with E-state index in [4.69, 9.17) is 0 Å². The van der Waals surface area contributed by atoms with Gasteiger partial charge in [-0.15, -0.1) is 0 Å². The van der Waals surface area contributed by atoms with Crippen molar-refractivity contribution < 1.29 is 19.5 Å². The van der Waals surface area contributed by atoms with Crippen LogP contribution in [0.1, 0.15) is 49.4 Å². The quantitative estimate of drug-likeness (QED) is 0.245. The predicted molar refractivity (Wildman–Crippen MR) is 157 cm³/mol. The summed E-state index contributed by atoms with van der Waals surface area (Å²) in [6, 6.07) is 30.5. The maximum Gasteiger partial charge on any atom is 0.305 e. The van der Waals surface area contributed by atoms with E-state index in [-0.39, 0.29) is 24.8 Å². The Kier molecular flexibility index (Phi) is 9.47. The molecule has 4 aromatic rings. The van der Waals surface area contributed by atoms with Crippen molar-refractivity contribution in [1.82, 2.24) is 10.2 Å². The molecule has 4 aromatic carbocycles. The highest BCUT2D eigenvalue weighted by Crippen LogP contribution is 2.28. The molecule has 204 valence electrons. The number of aryl methyl sites for hydroxylation is 2. The Hall–Kier alpha value is -4.71. The van der Waals surface area contributed by atoms with E-state index >= 15 is 0 Å². The molecule has 0 aliphatic rings. The van der Waals surface area contributed by atoms with Gasteiger partial charge >= 0.3 is 5.97 Å². The number of aliphatic carboxylic acids is 1. The smallest absolute Gasteiger partial charge is 0.305 e. The number of hydrogen-bond donors (Lipinski definition) is 2. The summed E-state index contributed by atoms with van der Waals surface area (Å²) in [4.78, 5) is 40.1. The second-order valence-electron chi connectivity index (χ2n) is 9.93. The Morgan fingerprint density at radius 3 is 1.80 bits per heavy atom. The topological polar surface area (TPSA) is 86.7 Å². The lowest BCUT2D eigenvalue weighted by atomic mass is 9.94. The third-order valence-corrected chi connectivity index (χ3v) is 6.87. The van der Waals surface area contributed by atoms with Gasteiger partial charge in [0.2, 0.25) is 0 Å². The number of nitrogens with zero attached hydrogens (tertiary/aromatic N) is 1. The van der Waals surface area contributed by atoms with Gasteiger partial charge in [0.15, 0.2) is 0 Å². The Labute approximate surface area is 235 Å². The fourth-order valence-corrected chi connectivity index (χ4v) is 4.54. The molecule has 6 nitrogen and oxygen atoms in total. The molecule has 0 aliphatic heterocycles. The van der Waals surface area contributed by atoms with Crippen molar-refractivity contribution >= 4 is 17.8 Å². The number of amides is 2. The van der Waals surface area contributed by atoms with Crippen molar-refractivity contribution in [3.8, 4) is 11.1 Å². The zero-order valence-electron chi connectivity index (χ0n) is 22.9. The van der Waals surface area contributed by atoms with Crippen molar-refractivity contribution in [2.24, 2.45) is 0 Å². The molecule has 0 fully saturated rings. The van der Waals surface area contributed by atoms with E-state index in [1.54, 1.807) is 29.2 Å². The number of carbonyl (C=O) groups is 3. The normalized spacial score (nSPS) is 10.7. The first-order chi connectivity index (χ1) is 19.3. The molecule has 4 rings (SSSR count). The van der Waals surface area contributed by atoms with Crippen molar-refractivity contribution in [3.05, 3.63) is 130 Å². The fraction of sp³-hybridized carbons (Fsp3) is 0.206. The summed E-state index contributed by atoms with van der Waals surface area (Å²) in [6.07, 6.45) is 0.450. The number of rotatable bonds is 11. The van der Waals surface area contributed by atoms with E-state index in [0.717, 1.165) is 22.3 Å². The molecule has 6 heteroatoms. The molecule has 0 unspecified atom stereocenters. The van der Waals surface area contributed by atoms with Crippen LogP contribution in [0.4, 0.5) is 0 Å². The monoisotopic (exact) mass is 534 g/mol. The van der Waals surface area contributed by atoms with Crippen molar-refractivity contribution in [2.75, 3.05) is 13.1 Å². The summed E-state index contributed by atoms with van der Waals surface area (Å²) in [7, 11) is 0. The lowest BCUT2D eigenvalue weighted by molar-refractivity contribution is -0.137. The SMILES string of the molecule is Cc1ccc(CCN(CCC(=O)O)C(=O)c2ccccc2-c2ccccc2C(=O)NCc2ccc(C)cc2)cc1. The van der Waals surface area contributed by atoms with Crippen molar-refractivity contribution in [2.45, 2.75) is 33.2 Å². The lowest BCUT2D eigenvalue weighted by Crippen LogP contribution is -2.35. The standard InChI is InChI=1S/C34H34N2O4/c1-24-11-15-26(16-12-24)19-21-36(22-20-32(37)38)34(40)31-10-6-4-8-29(31)28-7-3-5-9-30(28)33(39)35-23-27-17-13-25(2)14-18-27/h3-18H,19-23H2,1-2H3,(H,35,39)(H,37,38). The van der Waals surface area contributed by atoms with Crippen molar-refractivity contribution in [1.29, 1.82) is 0 Å². The molecule has 0 atom stereocenters. The second kappa shape index (κ2) is 13.4. The minimum Gasteiger partial charge on any atom is -0.481 e. The van der Waals surface area contributed by atoms with Gasteiger partial charge in [-0.1, -0.05) is 96.1 Å². The van der Waals surface area contributed by atoms with Crippen LogP contribution in [0.3, 0.4) is 0 Å². The number of benzene rings is 4. The lowest BCUT2D eigenvalue weighted by Gasteiger charge is -2.24. The molecule has 0 heterocycles. The van der Waals surface area contributed by atoms with Gasteiger partial charge in [-0.05, 0) is 54.7 Å². The van der Waals surface area contributed by atoms with E-state index in [9.17, 15) is 19.5 Å². The maximum absolute atomic E-state index is 13.9. The zero-order chi connectivity index (χ0) is 28.5. The summed E-state index contributed by atoms with van der Waals surface area (Å²) in [6.45, 7) is 4.89. The third-order valence-electron chi connectivity index (χ3n) is 6.87. The molecule has 2 amide bonds. The minimum absolute atomic E-state index is 0.0903. The number of carboxylic acid groups (broad SMARTS) is 1. The van der Waals surface area contributed by atoms with Gasteiger partial charge in [-0.25, -0.2) is 0 Å². The molecule has 0 spiro atoms. The Morgan fingerprint density at radius 2 is 1.20 bits per heavy atom. The first-order valence-electron chi connectivity index (χ1n) is 13.4. The van der Waals surface area contributed by atoms with Gasteiger partial charge in [-0.3, -0.25) is 14.4 Å². The second-order valence-corrected chi connectivity index (χ2v) is 9.93. The first kappa shape index (κ1) is 28.3. The van der Waals surface area contributed by atoms with Gasteiger partial charge in [0.1, 0.15) is 0 Å². The molecular weight excluding hydrogens is 500 g/mol. The van der Waals surface area contributed by atoms with Crippen molar-refractivity contribution in [3.63, 3.8) is 0 Å². The summed E-state index contributed by atoms with van der Waals surface area (Å²) < 4.78 is 0. The summed E-state index contributed by atoms with van der Waals surface area (Å²) >= 11 is 0. The number of carboxylic acids is 1. The van der Waals surface area contributed by atoms with Gasteiger partial charge in [-0.2, -0.15) is 0 Å². The van der Waals surface area contributed by atoms with E-state index in [2.05, 4.69) is 5.32 Å². The molecule has 0 saturated heterocycles. The van der Waals surface area contributed by atoms with Crippen LogP contribution in [0.2, 0.25) is 0 Å². The summed E-state index contributed by atoms with van der Waals surface area (Å²) in [5.41, 5.74) is 6.53. The van der Waals surface area contributed by atoms with Crippen LogP contribution in [0.5, 0.6) is 0 Å². The Balaban J connectivity index is 1.59. The van der Waals surface area contributed by atoms with Gasteiger partial charge in [0.25, 0.3) is 11.8 Å². The van der Waals surface area contributed by atoms with Gasteiger partial charge in [0, 0.05) is 30.8 Å². The number of nitrogens with one attached hydrogen (secondary N) is 1. The maximum atomic E-state index is 13.9. The molecule has 40 heavy (non-hydrogen) atoms. The molecule has 0 aliphatic carbocycles. The van der Waals surface area contributed by atoms with Gasteiger partial charge in [0.05, 0.1) is 6.42 Å². The summed E-state index contributed by atoms with van der Waals surface area (Å²) in [5, 5.41) is 12.3. The number of hydrogen-bond acceptors (Lipinski definition) is 3. The molecule has 0 aromatic heterocycles. The molecule has 0 bridgehead atoms. The van der Waals surface area contributed by atoms with E-state index in [1.807, 2.05) is 86.6 Å². The Bertz CT molecular complexity index is 1480. The highest BCUT2D eigenvalue weighted by atomic mass is 16.4. The molecule has 0 radical (unpaired) electrons. The average molecular weight is 535 g/mol. The van der Waals surface area contributed by atoms with E-state index in [0.29, 0.717) is 41.8 Å². The van der Waals surface area contributed by atoms with Crippen LogP contribution in [-0.2, 0) is 17.8 Å². The largest absolute Gasteiger partial charge is 0.481 e. The Morgan fingerprint density at radius 1 is 0.675 bits per heavy atom. The zero-order valence-corrected chi connectivity index (χ0v) is 22.9. The molecule has 2 N–H and O–H groups in total. The average Bonchev–Trinajstić information content (AvgIpc) is 2.97. The number of carbonyl (C=O) groups excluding carboxylic acids is 2. The minimum atomic E-state index is -0.961. The van der Waals surface area contributed by atoms with Gasteiger partial charge < -0.3 is 15.3 Å².